The van der Waals surface area contributed by atoms with E-state index >= 15 is 0 Å². The number of aromatic nitrogens is 2. The first kappa shape index (κ1) is 20.9. The predicted molar refractivity (Wildman–Crippen MR) is 114 cm³/mol. The first-order valence-corrected chi connectivity index (χ1v) is 9.63. The summed E-state index contributed by atoms with van der Waals surface area (Å²) in [5, 5.41) is 3.30. The van der Waals surface area contributed by atoms with E-state index in [-0.39, 0.29) is 10.8 Å². The van der Waals surface area contributed by atoms with Crippen LogP contribution in [0.2, 0.25) is 5.02 Å². The number of nitrogens with zero attached hydrogens (tertiary/aromatic N) is 2. The van der Waals surface area contributed by atoms with Gasteiger partial charge in [-0.1, -0.05) is 43.6 Å². The van der Waals surface area contributed by atoms with Gasteiger partial charge in [-0.05, 0) is 47.7 Å². The molecule has 0 radical (unpaired) electrons. The van der Waals surface area contributed by atoms with Crippen molar-refractivity contribution in [1.82, 2.24) is 9.55 Å². The SMILES string of the molecule is COc1cn(Cc2ccc(F)c(Cl)c2)c(Nc2cc(C(C)C)ccc2C)nc1=O. The summed E-state index contributed by atoms with van der Waals surface area (Å²) in [6.45, 7) is 6.55. The maximum Gasteiger partial charge on any atom is 0.316 e. The summed E-state index contributed by atoms with van der Waals surface area (Å²) in [4.78, 5) is 16.4. The van der Waals surface area contributed by atoms with Crippen LogP contribution in [0.1, 0.15) is 36.5 Å². The van der Waals surface area contributed by atoms with Crippen LogP contribution < -0.4 is 15.6 Å². The molecule has 0 aliphatic rings. The Bertz CT molecular complexity index is 1100. The van der Waals surface area contributed by atoms with Gasteiger partial charge in [-0.2, -0.15) is 4.98 Å². The molecule has 0 saturated heterocycles. The van der Waals surface area contributed by atoms with Crippen LogP contribution in [0.3, 0.4) is 0 Å². The lowest BCUT2D eigenvalue weighted by Crippen LogP contribution is -2.19. The molecule has 1 N–H and O–H groups in total. The van der Waals surface area contributed by atoms with Crippen LogP contribution in [-0.2, 0) is 6.54 Å². The maximum atomic E-state index is 13.5. The highest BCUT2D eigenvalue weighted by atomic mass is 35.5. The van der Waals surface area contributed by atoms with Gasteiger partial charge in [0.1, 0.15) is 5.82 Å². The molecule has 0 unspecified atom stereocenters. The second-order valence-electron chi connectivity index (χ2n) is 7.17. The van der Waals surface area contributed by atoms with E-state index in [1.54, 1.807) is 22.9 Å². The molecule has 29 heavy (non-hydrogen) atoms. The molecule has 0 bridgehead atoms. The van der Waals surface area contributed by atoms with Gasteiger partial charge in [-0.3, -0.25) is 4.79 Å². The van der Waals surface area contributed by atoms with Crippen LogP contribution in [0.5, 0.6) is 5.75 Å². The zero-order valence-corrected chi connectivity index (χ0v) is 17.5. The second kappa shape index (κ2) is 8.66. The highest BCUT2D eigenvalue weighted by Crippen LogP contribution is 2.26. The van der Waals surface area contributed by atoms with Crippen molar-refractivity contribution >= 4 is 23.2 Å². The van der Waals surface area contributed by atoms with E-state index in [1.807, 2.05) is 13.0 Å². The van der Waals surface area contributed by atoms with Crippen LogP contribution >= 0.6 is 11.6 Å². The van der Waals surface area contributed by atoms with Gasteiger partial charge in [0.2, 0.25) is 11.7 Å². The molecule has 7 heteroatoms. The molecule has 152 valence electrons. The van der Waals surface area contributed by atoms with Crippen molar-refractivity contribution in [3.8, 4) is 5.75 Å². The summed E-state index contributed by atoms with van der Waals surface area (Å²) >= 11 is 5.91. The third-order valence-corrected chi connectivity index (χ3v) is 4.98. The average Bonchev–Trinajstić information content (AvgIpc) is 2.68. The van der Waals surface area contributed by atoms with Gasteiger partial charge >= 0.3 is 5.56 Å². The van der Waals surface area contributed by atoms with E-state index in [0.717, 1.165) is 16.8 Å². The summed E-state index contributed by atoms with van der Waals surface area (Å²) in [6.07, 6.45) is 1.58. The van der Waals surface area contributed by atoms with Crippen molar-refractivity contribution in [1.29, 1.82) is 0 Å². The van der Waals surface area contributed by atoms with Crippen molar-refractivity contribution in [3.05, 3.63) is 80.5 Å². The lowest BCUT2D eigenvalue weighted by Gasteiger charge is -2.17. The molecule has 1 aromatic heterocycles. The Kier molecular flexibility index (Phi) is 6.23. The smallest absolute Gasteiger partial charge is 0.316 e. The molecule has 0 amide bonds. The molecular weight excluding hydrogens is 393 g/mol. The molecule has 0 aliphatic carbocycles. The number of anilines is 2. The van der Waals surface area contributed by atoms with Gasteiger partial charge in [0.25, 0.3) is 0 Å². The summed E-state index contributed by atoms with van der Waals surface area (Å²) in [6, 6.07) is 10.7. The molecule has 0 atom stereocenters. The summed E-state index contributed by atoms with van der Waals surface area (Å²) in [5.74, 6) is 0.366. The number of halogens is 2. The van der Waals surface area contributed by atoms with Crippen LogP contribution in [0, 0.1) is 12.7 Å². The average molecular weight is 416 g/mol. The third-order valence-electron chi connectivity index (χ3n) is 4.69. The number of rotatable bonds is 6. The molecule has 2 aromatic carbocycles. The lowest BCUT2D eigenvalue weighted by atomic mass is 10.0. The lowest BCUT2D eigenvalue weighted by molar-refractivity contribution is 0.402. The summed E-state index contributed by atoms with van der Waals surface area (Å²) in [5.41, 5.74) is 3.35. The number of methoxy groups -OCH3 is 1. The number of aryl methyl sites for hydroxylation is 1. The van der Waals surface area contributed by atoms with Crippen LogP contribution in [0.4, 0.5) is 16.0 Å². The fourth-order valence-electron chi connectivity index (χ4n) is 2.92. The van der Waals surface area contributed by atoms with Gasteiger partial charge in [0.15, 0.2) is 0 Å². The van der Waals surface area contributed by atoms with E-state index in [1.165, 1.54) is 18.7 Å². The normalized spacial score (nSPS) is 11.0. The van der Waals surface area contributed by atoms with Crippen LogP contribution in [0.15, 0.2) is 47.4 Å². The quantitative estimate of drug-likeness (QED) is 0.596. The van der Waals surface area contributed by atoms with Crippen LogP contribution in [-0.4, -0.2) is 16.7 Å². The number of ether oxygens (including phenoxy) is 1. The predicted octanol–water partition coefficient (Wildman–Crippen LogP) is 5.27. The zero-order valence-electron chi connectivity index (χ0n) is 16.8. The summed E-state index contributed by atoms with van der Waals surface area (Å²) in [7, 11) is 1.42. The minimum atomic E-state index is -0.481. The van der Waals surface area contributed by atoms with Crippen molar-refractivity contribution in [2.75, 3.05) is 12.4 Å². The highest BCUT2D eigenvalue weighted by Gasteiger charge is 2.13. The Balaban J connectivity index is 2.04. The first-order valence-electron chi connectivity index (χ1n) is 9.25. The molecular formula is C22H23ClFN3O2. The van der Waals surface area contributed by atoms with Crippen molar-refractivity contribution < 1.29 is 9.13 Å². The van der Waals surface area contributed by atoms with E-state index < -0.39 is 11.4 Å². The van der Waals surface area contributed by atoms with E-state index in [0.29, 0.717) is 18.4 Å². The molecule has 0 saturated carbocycles. The van der Waals surface area contributed by atoms with Gasteiger partial charge in [0, 0.05) is 5.69 Å². The molecule has 0 fully saturated rings. The Morgan fingerprint density at radius 2 is 2.00 bits per heavy atom. The molecule has 3 rings (SSSR count). The number of nitrogens with one attached hydrogen (secondary N) is 1. The first-order chi connectivity index (χ1) is 13.8. The minimum Gasteiger partial charge on any atom is -0.490 e. The fourth-order valence-corrected chi connectivity index (χ4v) is 3.13. The van der Waals surface area contributed by atoms with Gasteiger partial charge in [0.05, 0.1) is 24.9 Å². The second-order valence-corrected chi connectivity index (χ2v) is 7.58. The van der Waals surface area contributed by atoms with Gasteiger partial charge in [-0.25, -0.2) is 4.39 Å². The molecule has 0 spiro atoms. The van der Waals surface area contributed by atoms with Gasteiger partial charge < -0.3 is 14.6 Å². The Labute approximate surface area is 174 Å². The molecule has 1 heterocycles. The van der Waals surface area contributed by atoms with Crippen LogP contribution in [0.25, 0.3) is 0 Å². The topological polar surface area (TPSA) is 56.1 Å². The molecule has 0 aliphatic heterocycles. The van der Waals surface area contributed by atoms with E-state index in [9.17, 15) is 9.18 Å². The zero-order chi connectivity index (χ0) is 21.1. The van der Waals surface area contributed by atoms with Crippen molar-refractivity contribution in [2.24, 2.45) is 0 Å². The Morgan fingerprint density at radius 3 is 2.66 bits per heavy atom. The van der Waals surface area contributed by atoms with Gasteiger partial charge in [-0.15, -0.1) is 0 Å². The minimum absolute atomic E-state index is 0.0402. The van der Waals surface area contributed by atoms with E-state index in [4.69, 9.17) is 16.3 Å². The largest absolute Gasteiger partial charge is 0.490 e. The number of hydrogen-bond acceptors (Lipinski definition) is 4. The maximum absolute atomic E-state index is 13.5. The summed E-state index contributed by atoms with van der Waals surface area (Å²) < 4.78 is 20.4. The van der Waals surface area contributed by atoms with Crippen molar-refractivity contribution in [3.63, 3.8) is 0 Å². The van der Waals surface area contributed by atoms with E-state index in [2.05, 4.69) is 36.3 Å². The standard InChI is InChI=1S/C22H23ClFN3O2/c1-13(2)16-7-5-14(3)19(10-16)25-22-26-21(28)20(29-4)12-27(22)11-15-6-8-18(24)17(23)9-15/h5-10,12-13H,11H2,1-4H3,(H,25,26,28). The van der Waals surface area contributed by atoms with Crippen molar-refractivity contribution in [2.45, 2.75) is 33.2 Å². The monoisotopic (exact) mass is 415 g/mol. The Hall–Kier alpha value is -2.86. The number of hydrogen-bond donors (Lipinski definition) is 1. The highest BCUT2D eigenvalue weighted by molar-refractivity contribution is 6.30. The number of benzene rings is 2. The fraction of sp³-hybridized carbons (Fsp3) is 0.273. The molecule has 5 nitrogen and oxygen atoms in total. The molecule has 3 aromatic rings. The third kappa shape index (κ3) is 4.77. The Morgan fingerprint density at radius 1 is 1.24 bits per heavy atom.